The van der Waals surface area contributed by atoms with Crippen LogP contribution in [-0.2, 0) is 31.6 Å². The molecule has 0 amide bonds. The number of aliphatic hydroxyl groups is 1. The van der Waals surface area contributed by atoms with Gasteiger partial charge in [-0.15, -0.1) is 0 Å². The summed E-state index contributed by atoms with van der Waals surface area (Å²) in [7, 11) is -16.7. The second kappa shape index (κ2) is 8.66. The molecule has 6 atom stereocenters. The lowest BCUT2D eigenvalue weighted by Gasteiger charge is -2.19. The van der Waals surface area contributed by atoms with E-state index in [0.29, 0.717) is 0 Å². The van der Waals surface area contributed by atoms with Crippen molar-refractivity contribution in [2.75, 3.05) is 12.3 Å². The molecule has 1 aliphatic heterocycles. The molecule has 0 spiro atoms. The Kier molecular flexibility index (Phi) is 6.78. The number of nitrogens with zero attached hydrogens (tertiary/aromatic N) is 3. The number of nitrogen functional groups attached to an aromatic ring is 1. The van der Waals surface area contributed by atoms with Crippen LogP contribution in [0.3, 0.4) is 0 Å². The first-order chi connectivity index (χ1) is 14.6. The van der Waals surface area contributed by atoms with E-state index in [9.17, 15) is 28.5 Å². The third kappa shape index (κ3) is 5.67. The summed E-state index contributed by atoms with van der Waals surface area (Å²) in [5.74, 6) is -0.245. The molecule has 1 saturated heterocycles. The highest BCUT2D eigenvalue weighted by molar-refractivity contribution is 7.66. The average Bonchev–Trinajstić information content (AvgIpc) is 3.12. The predicted molar refractivity (Wildman–Crippen MR) is 100 cm³/mol. The van der Waals surface area contributed by atoms with Crippen LogP contribution in [0.25, 0.3) is 11.2 Å². The number of phosphoric acid groups is 3. The Balaban J connectivity index is 1.72. The van der Waals surface area contributed by atoms with E-state index in [4.69, 9.17) is 30.9 Å². The summed E-state index contributed by atoms with van der Waals surface area (Å²) in [4.78, 5) is 57.5. The SMILES string of the molecule is Nc1nc2c(ncn2[C@@H]2O[C@H](COP(=O)(O)OP(=O)(O)OP(=O)(O)O)[C@@H](N)[C@H]2O)c(=O)[nH]1. The maximum atomic E-state index is 11.9. The average molecular weight is 522 g/mol. The Morgan fingerprint density at radius 2 is 1.84 bits per heavy atom. The van der Waals surface area contributed by atoms with Gasteiger partial charge in [-0.3, -0.25) is 18.9 Å². The van der Waals surface area contributed by atoms with E-state index in [1.54, 1.807) is 0 Å². The molecular weight excluding hydrogens is 505 g/mol. The number of fused-ring (bicyclic) bond motifs is 1. The van der Waals surface area contributed by atoms with Crippen molar-refractivity contribution >= 4 is 40.6 Å². The van der Waals surface area contributed by atoms with Crippen LogP contribution in [0.2, 0.25) is 0 Å². The summed E-state index contributed by atoms with van der Waals surface area (Å²) in [5, 5.41) is 10.4. The number of hydrogen-bond donors (Lipinski definition) is 8. The van der Waals surface area contributed by atoms with E-state index in [-0.39, 0.29) is 17.1 Å². The normalized spacial score (nSPS) is 27.9. The predicted octanol–water partition coefficient (Wildman–Crippen LogP) is -2.37. The molecule has 2 aromatic rings. The lowest BCUT2D eigenvalue weighted by atomic mass is 10.1. The van der Waals surface area contributed by atoms with Crippen LogP contribution >= 0.6 is 23.5 Å². The Morgan fingerprint density at radius 1 is 1.19 bits per heavy atom. The number of phosphoric ester groups is 1. The van der Waals surface area contributed by atoms with Crippen molar-refractivity contribution in [2.24, 2.45) is 5.73 Å². The van der Waals surface area contributed by atoms with E-state index in [2.05, 4.69) is 28.1 Å². The number of H-pyrrole nitrogens is 1. The third-order valence-corrected chi connectivity index (χ3v) is 7.78. The van der Waals surface area contributed by atoms with Crippen molar-refractivity contribution in [3.8, 4) is 0 Å². The zero-order valence-corrected chi connectivity index (χ0v) is 18.1. The first kappa shape index (κ1) is 25.1. The smallest absolute Gasteiger partial charge is 0.387 e. The van der Waals surface area contributed by atoms with Gasteiger partial charge in [-0.2, -0.15) is 13.6 Å². The maximum absolute atomic E-state index is 11.9. The Labute approximate surface area is 176 Å². The number of imidazole rings is 1. The molecule has 2 aromatic heterocycles. The summed E-state index contributed by atoms with van der Waals surface area (Å²) in [6.07, 6.45) is -2.96. The fourth-order valence-electron chi connectivity index (χ4n) is 2.74. The first-order valence-electron chi connectivity index (χ1n) is 8.18. The van der Waals surface area contributed by atoms with Gasteiger partial charge in [0.2, 0.25) is 5.95 Å². The molecule has 1 fully saturated rings. The van der Waals surface area contributed by atoms with Crippen LogP contribution in [0.4, 0.5) is 5.95 Å². The minimum absolute atomic E-state index is 0.0592. The monoisotopic (exact) mass is 522 g/mol. The number of nitrogens with two attached hydrogens (primary N) is 2. The second-order valence-electron chi connectivity index (χ2n) is 6.30. The van der Waals surface area contributed by atoms with Gasteiger partial charge in [0.1, 0.15) is 12.2 Å². The van der Waals surface area contributed by atoms with Gasteiger partial charge in [-0.25, -0.2) is 18.7 Å². The number of aromatic amines is 1. The van der Waals surface area contributed by atoms with Crippen molar-refractivity contribution in [1.82, 2.24) is 19.5 Å². The minimum atomic E-state index is -5.70. The van der Waals surface area contributed by atoms with Crippen molar-refractivity contribution in [3.05, 3.63) is 16.7 Å². The zero-order chi connectivity index (χ0) is 24.1. The van der Waals surface area contributed by atoms with Crippen molar-refractivity contribution in [3.63, 3.8) is 0 Å². The van der Waals surface area contributed by atoms with Gasteiger partial charge in [0.15, 0.2) is 17.4 Å². The van der Waals surface area contributed by atoms with Crippen LogP contribution in [0.15, 0.2) is 11.1 Å². The molecule has 1 aliphatic rings. The van der Waals surface area contributed by atoms with Gasteiger partial charge in [0.05, 0.1) is 19.0 Å². The van der Waals surface area contributed by atoms with Gasteiger partial charge in [0.25, 0.3) is 5.56 Å². The number of nitrogens with one attached hydrogen (secondary N) is 1. The molecule has 22 heteroatoms. The van der Waals surface area contributed by atoms with Crippen LogP contribution in [-0.4, -0.2) is 69.1 Å². The van der Waals surface area contributed by atoms with Gasteiger partial charge >= 0.3 is 23.5 Å². The quantitative estimate of drug-likeness (QED) is 0.168. The van der Waals surface area contributed by atoms with Gasteiger partial charge in [-0.05, 0) is 0 Å². The summed E-state index contributed by atoms with van der Waals surface area (Å²) in [6, 6.07) is -1.25. The Hall–Kier alpha value is -1.56. The fourth-order valence-corrected chi connectivity index (χ4v) is 5.77. The number of hydrogen-bond acceptors (Lipinski definition) is 13. The lowest BCUT2D eigenvalue weighted by Crippen LogP contribution is -2.41. The molecule has 0 aliphatic carbocycles. The highest BCUT2D eigenvalue weighted by Crippen LogP contribution is 2.66. The van der Waals surface area contributed by atoms with E-state index in [1.807, 2.05) is 0 Å². The van der Waals surface area contributed by atoms with Gasteiger partial charge < -0.3 is 40.9 Å². The van der Waals surface area contributed by atoms with Crippen LogP contribution in [0, 0.1) is 0 Å². The van der Waals surface area contributed by atoms with Gasteiger partial charge in [0, 0.05) is 0 Å². The molecule has 0 saturated carbocycles. The maximum Gasteiger partial charge on any atom is 0.490 e. The highest BCUT2D eigenvalue weighted by Gasteiger charge is 2.46. The Morgan fingerprint density at radius 3 is 2.47 bits per heavy atom. The highest BCUT2D eigenvalue weighted by atomic mass is 31.3. The van der Waals surface area contributed by atoms with E-state index in [1.165, 1.54) is 0 Å². The number of rotatable bonds is 8. The summed E-state index contributed by atoms with van der Waals surface area (Å²) < 4.78 is 52.1. The third-order valence-electron chi connectivity index (χ3n) is 3.97. The standard InChI is InChI=1S/C10H17N6O13P3/c11-4-3(1-26-31(22,23)29-32(24,25)28-30(19,20)21)27-9(6(4)17)16-2-13-5-7(16)14-10(12)15-8(5)18/h2-4,6,9,17H,1,11H2,(H,22,23)(H,24,25)(H2,19,20,21)(H3,12,14,15,18)/t3-,4-,6-,9-/m1/s1. The molecule has 180 valence electrons. The minimum Gasteiger partial charge on any atom is -0.387 e. The molecule has 32 heavy (non-hydrogen) atoms. The van der Waals surface area contributed by atoms with Crippen molar-refractivity contribution < 1.29 is 56.3 Å². The number of aromatic nitrogens is 4. The molecule has 3 rings (SSSR count). The molecular formula is C10H17N6O13P3. The van der Waals surface area contributed by atoms with Crippen molar-refractivity contribution in [2.45, 2.75) is 24.5 Å². The van der Waals surface area contributed by atoms with Gasteiger partial charge in [-0.1, -0.05) is 0 Å². The molecule has 0 bridgehead atoms. The lowest BCUT2D eigenvalue weighted by molar-refractivity contribution is -0.0482. The van der Waals surface area contributed by atoms with Crippen molar-refractivity contribution in [1.29, 1.82) is 0 Å². The van der Waals surface area contributed by atoms with Crippen LogP contribution < -0.4 is 17.0 Å². The molecule has 0 aromatic carbocycles. The molecule has 0 radical (unpaired) electrons. The molecule has 3 heterocycles. The van der Waals surface area contributed by atoms with E-state index < -0.39 is 60.1 Å². The number of aliphatic hydroxyl groups excluding tert-OH is 1. The molecule has 2 unspecified atom stereocenters. The summed E-state index contributed by atoms with van der Waals surface area (Å²) in [5.41, 5.74) is 10.5. The fraction of sp³-hybridized carbons (Fsp3) is 0.500. The van der Waals surface area contributed by atoms with E-state index in [0.717, 1.165) is 10.9 Å². The number of ether oxygens (including phenoxy) is 1. The zero-order valence-electron chi connectivity index (χ0n) is 15.4. The first-order valence-corrected chi connectivity index (χ1v) is 12.7. The van der Waals surface area contributed by atoms with Crippen LogP contribution in [0.1, 0.15) is 6.23 Å². The van der Waals surface area contributed by atoms with Crippen LogP contribution in [0.5, 0.6) is 0 Å². The topological polar surface area (TPSA) is 305 Å². The number of anilines is 1. The second-order valence-corrected chi connectivity index (χ2v) is 10.7. The van der Waals surface area contributed by atoms with E-state index >= 15 is 0 Å². The molecule has 10 N–H and O–H groups in total. The summed E-state index contributed by atoms with van der Waals surface area (Å²) in [6.45, 7) is -0.888. The summed E-state index contributed by atoms with van der Waals surface area (Å²) >= 11 is 0. The molecule has 19 nitrogen and oxygen atoms in total. The Bertz CT molecular complexity index is 1210. The largest absolute Gasteiger partial charge is 0.490 e.